The van der Waals surface area contributed by atoms with E-state index in [4.69, 9.17) is 11.6 Å². The van der Waals surface area contributed by atoms with Gasteiger partial charge in [-0.25, -0.2) is 0 Å². The topological polar surface area (TPSA) is 17.1 Å². The Bertz CT molecular complexity index is 375. The van der Waals surface area contributed by atoms with Crippen LogP contribution in [0.25, 0.3) is 0 Å². The zero-order valence-corrected chi connectivity index (χ0v) is 14.1. The first-order valence-electron chi connectivity index (χ1n) is 7.82. The van der Waals surface area contributed by atoms with Crippen LogP contribution in [-0.4, -0.2) is 9.96 Å². The van der Waals surface area contributed by atoms with Crippen molar-refractivity contribution in [1.82, 2.24) is 0 Å². The first-order valence-corrected chi connectivity index (χ1v) is 9.68. The molecule has 0 saturated heterocycles. The average Bonchev–Trinajstić information content (AvgIpc) is 2.44. The molecule has 1 rings (SSSR count). The molecule has 0 aliphatic rings. The van der Waals surface area contributed by atoms with Crippen LogP contribution in [0, 0.1) is 0 Å². The molecular weight excluding hydrogens is 288 g/mol. The second-order valence-electron chi connectivity index (χ2n) is 5.39. The monoisotopic (exact) mass is 314 g/mol. The van der Waals surface area contributed by atoms with E-state index in [1.807, 2.05) is 24.3 Å². The highest BCUT2D eigenvalue weighted by molar-refractivity contribution is 7.84. The van der Waals surface area contributed by atoms with Crippen LogP contribution in [0.4, 0.5) is 0 Å². The maximum Gasteiger partial charge on any atom is 0.0485 e. The van der Waals surface area contributed by atoms with E-state index in [1.54, 1.807) is 0 Å². The van der Waals surface area contributed by atoms with Gasteiger partial charge in [-0.05, 0) is 24.1 Å². The van der Waals surface area contributed by atoms with Crippen molar-refractivity contribution >= 4 is 22.4 Å². The third-order valence-corrected chi connectivity index (χ3v) is 5.12. The minimum Gasteiger partial charge on any atom is -0.259 e. The molecule has 0 bridgehead atoms. The Labute approximate surface area is 131 Å². The highest BCUT2D eigenvalue weighted by Gasteiger charge is 2.02. The minimum atomic E-state index is -0.731. The molecule has 1 aromatic rings. The van der Waals surface area contributed by atoms with Crippen molar-refractivity contribution in [3.8, 4) is 0 Å². The summed E-state index contributed by atoms with van der Waals surface area (Å²) in [6.07, 6.45) is 10.4. The van der Waals surface area contributed by atoms with Crippen LogP contribution in [0.3, 0.4) is 0 Å². The van der Waals surface area contributed by atoms with Gasteiger partial charge in [-0.2, -0.15) is 0 Å². The second-order valence-corrected chi connectivity index (χ2v) is 7.40. The van der Waals surface area contributed by atoms with Gasteiger partial charge < -0.3 is 0 Å². The molecule has 0 radical (unpaired) electrons. The lowest BCUT2D eigenvalue weighted by atomic mass is 10.1. The molecule has 0 fully saturated rings. The normalized spacial score (nSPS) is 12.5. The largest absolute Gasteiger partial charge is 0.259 e. The van der Waals surface area contributed by atoms with Gasteiger partial charge in [0.15, 0.2) is 0 Å². The summed E-state index contributed by atoms with van der Waals surface area (Å²) in [6.45, 7) is 2.25. The van der Waals surface area contributed by atoms with Gasteiger partial charge in [0.25, 0.3) is 0 Å². The first-order chi connectivity index (χ1) is 9.72. The Hall–Kier alpha value is -0.340. The Morgan fingerprint density at radius 1 is 0.900 bits per heavy atom. The summed E-state index contributed by atoms with van der Waals surface area (Å²) < 4.78 is 11.9. The standard InChI is InChI=1S/C17H27ClOS/c1-2-3-4-5-6-7-8-9-14-20(19)15-16-10-12-17(18)13-11-16/h10-13H,2-9,14-15H2,1H3. The molecule has 0 saturated carbocycles. The lowest BCUT2D eigenvalue weighted by Crippen LogP contribution is -2.01. The van der Waals surface area contributed by atoms with E-state index in [1.165, 1.54) is 44.9 Å². The Morgan fingerprint density at radius 2 is 1.45 bits per heavy atom. The van der Waals surface area contributed by atoms with Crippen molar-refractivity contribution in [2.45, 2.75) is 64.0 Å². The number of unbranched alkanes of at least 4 members (excludes halogenated alkanes) is 7. The van der Waals surface area contributed by atoms with E-state index >= 15 is 0 Å². The molecule has 114 valence electrons. The van der Waals surface area contributed by atoms with E-state index in [0.29, 0.717) is 5.75 Å². The predicted octanol–water partition coefficient (Wildman–Crippen LogP) is 5.73. The Balaban J connectivity index is 2.01. The molecule has 1 aromatic carbocycles. The van der Waals surface area contributed by atoms with Crippen molar-refractivity contribution in [2.75, 3.05) is 5.75 Å². The maximum absolute atomic E-state index is 11.9. The first kappa shape index (κ1) is 17.7. The van der Waals surface area contributed by atoms with Gasteiger partial charge in [0, 0.05) is 27.3 Å². The number of benzene rings is 1. The van der Waals surface area contributed by atoms with E-state index in [-0.39, 0.29) is 0 Å². The second kappa shape index (κ2) is 11.3. The Morgan fingerprint density at radius 3 is 2.05 bits per heavy atom. The van der Waals surface area contributed by atoms with Crippen LogP contribution in [0.2, 0.25) is 5.02 Å². The van der Waals surface area contributed by atoms with E-state index in [0.717, 1.165) is 22.8 Å². The smallest absolute Gasteiger partial charge is 0.0485 e. The third-order valence-electron chi connectivity index (χ3n) is 3.47. The van der Waals surface area contributed by atoms with Gasteiger partial charge in [-0.15, -0.1) is 0 Å². The van der Waals surface area contributed by atoms with Gasteiger partial charge in [-0.3, -0.25) is 4.21 Å². The van der Waals surface area contributed by atoms with Gasteiger partial charge in [0.05, 0.1) is 0 Å². The molecule has 20 heavy (non-hydrogen) atoms. The van der Waals surface area contributed by atoms with Crippen LogP contribution < -0.4 is 0 Å². The molecule has 0 aliphatic heterocycles. The highest BCUT2D eigenvalue weighted by Crippen LogP contribution is 2.12. The van der Waals surface area contributed by atoms with E-state index in [9.17, 15) is 4.21 Å². The van der Waals surface area contributed by atoms with Crippen molar-refractivity contribution in [2.24, 2.45) is 0 Å². The number of hydrogen-bond acceptors (Lipinski definition) is 1. The summed E-state index contributed by atoms with van der Waals surface area (Å²) in [5.74, 6) is 1.49. The molecule has 1 atom stereocenters. The van der Waals surface area contributed by atoms with Crippen LogP contribution in [0.5, 0.6) is 0 Å². The van der Waals surface area contributed by atoms with Gasteiger partial charge >= 0.3 is 0 Å². The maximum atomic E-state index is 11.9. The van der Waals surface area contributed by atoms with Crippen LogP contribution in [0.1, 0.15) is 63.9 Å². The summed E-state index contributed by atoms with van der Waals surface area (Å²) in [5, 5.41) is 0.739. The summed E-state index contributed by atoms with van der Waals surface area (Å²) in [7, 11) is -0.731. The molecule has 0 spiro atoms. The van der Waals surface area contributed by atoms with E-state index in [2.05, 4.69) is 6.92 Å². The summed E-state index contributed by atoms with van der Waals surface area (Å²) >= 11 is 5.84. The zero-order valence-electron chi connectivity index (χ0n) is 12.6. The molecule has 3 heteroatoms. The summed E-state index contributed by atoms with van der Waals surface area (Å²) in [4.78, 5) is 0. The number of hydrogen-bond donors (Lipinski definition) is 0. The average molecular weight is 315 g/mol. The predicted molar refractivity (Wildman–Crippen MR) is 90.8 cm³/mol. The fourth-order valence-electron chi connectivity index (χ4n) is 2.24. The molecule has 0 N–H and O–H groups in total. The third kappa shape index (κ3) is 8.76. The zero-order chi connectivity index (χ0) is 14.6. The van der Waals surface area contributed by atoms with Gasteiger partial charge in [-0.1, -0.05) is 75.6 Å². The summed E-state index contributed by atoms with van der Waals surface area (Å²) in [6, 6.07) is 7.66. The van der Waals surface area contributed by atoms with Crippen molar-refractivity contribution in [3.05, 3.63) is 34.9 Å². The molecule has 0 aliphatic carbocycles. The fourth-order valence-corrected chi connectivity index (χ4v) is 3.60. The van der Waals surface area contributed by atoms with Gasteiger partial charge in [0.1, 0.15) is 0 Å². The van der Waals surface area contributed by atoms with Crippen molar-refractivity contribution in [1.29, 1.82) is 0 Å². The van der Waals surface area contributed by atoms with Crippen LogP contribution in [-0.2, 0) is 16.6 Å². The van der Waals surface area contributed by atoms with E-state index < -0.39 is 10.8 Å². The molecule has 0 heterocycles. The quantitative estimate of drug-likeness (QED) is 0.477. The Kier molecular flexibility index (Phi) is 10.0. The highest BCUT2D eigenvalue weighted by atomic mass is 35.5. The number of halogens is 1. The molecule has 1 nitrogen and oxygen atoms in total. The van der Waals surface area contributed by atoms with Gasteiger partial charge in [0.2, 0.25) is 0 Å². The molecule has 0 aromatic heterocycles. The molecule has 0 amide bonds. The minimum absolute atomic E-state index is 0.660. The van der Waals surface area contributed by atoms with Crippen LogP contribution >= 0.6 is 11.6 Å². The van der Waals surface area contributed by atoms with Crippen molar-refractivity contribution < 1.29 is 4.21 Å². The fraction of sp³-hybridized carbons (Fsp3) is 0.647. The van der Waals surface area contributed by atoms with Crippen LogP contribution in [0.15, 0.2) is 24.3 Å². The molecular formula is C17H27ClOS. The summed E-state index contributed by atoms with van der Waals surface area (Å²) in [5.41, 5.74) is 1.12. The lowest BCUT2D eigenvalue weighted by Gasteiger charge is -2.04. The SMILES string of the molecule is CCCCCCCCCCS(=O)Cc1ccc(Cl)cc1. The van der Waals surface area contributed by atoms with Crippen molar-refractivity contribution in [3.63, 3.8) is 0 Å². The lowest BCUT2D eigenvalue weighted by molar-refractivity contribution is 0.584. The molecule has 1 unspecified atom stereocenters. The number of rotatable bonds is 11.